The topological polar surface area (TPSA) is 81.9 Å². The molecule has 7 heteroatoms. The zero-order valence-electron chi connectivity index (χ0n) is 20.0. The number of ether oxygens (including phenoxy) is 1. The summed E-state index contributed by atoms with van der Waals surface area (Å²) in [6.45, 7) is 6.05. The molecule has 34 heavy (non-hydrogen) atoms. The standard InChI is InChI=1S/C27H31N5O2/c1-16-17(2)31-32(18(16)3)24-8-9-25(30-29-24)34-23-6-4-22(5-7-23)28-26(33)27-13-19-10-20(14-27)12-21(11-19)15-27/h4-9,19-21H,10-15H2,1-3H3,(H,28,33). The molecule has 1 aromatic carbocycles. The molecule has 1 amide bonds. The molecule has 0 unspecified atom stereocenters. The maximum absolute atomic E-state index is 13.3. The van der Waals surface area contributed by atoms with Crippen LogP contribution in [0, 0.1) is 43.9 Å². The molecular formula is C27H31N5O2. The van der Waals surface area contributed by atoms with Gasteiger partial charge in [-0.25, -0.2) is 4.68 Å². The van der Waals surface area contributed by atoms with Gasteiger partial charge in [-0.2, -0.15) is 5.10 Å². The van der Waals surface area contributed by atoms with Crippen LogP contribution in [0.3, 0.4) is 0 Å². The zero-order chi connectivity index (χ0) is 23.4. The quantitative estimate of drug-likeness (QED) is 0.544. The Labute approximate surface area is 199 Å². The van der Waals surface area contributed by atoms with E-state index in [1.807, 2.05) is 51.1 Å². The molecule has 3 aromatic rings. The number of aryl methyl sites for hydroxylation is 1. The van der Waals surface area contributed by atoms with Gasteiger partial charge in [0, 0.05) is 17.4 Å². The molecule has 7 rings (SSSR count). The normalized spacial score (nSPS) is 27.1. The number of nitrogens with zero attached hydrogens (tertiary/aromatic N) is 4. The molecule has 2 heterocycles. The van der Waals surface area contributed by atoms with Crippen LogP contribution >= 0.6 is 0 Å². The van der Waals surface area contributed by atoms with Crippen LogP contribution in [0.15, 0.2) is 36.4 Å². The lowest BCUT2D eigenvalue weighted by atomic mass is 9.49. The highest BCUT2D eigenvalue weighted by Gasteiger charge is 2.54. The summed E-state index contributed by atoms with van der Waals surface area (Å²) in [5.74, 6) is 4.19. The van der Waals surface area contributed by atoms with Gasteiger partial charge in [-0.1, -0.05) is 0 Å². The summed E-state index contributed by atoms with van der Waals surface area (Å²) in [6, 6.07) is 11.1. The Hall–Kier alpha value is -3.22. The van der Waals surface area contributed by atoms with Crippen molar-refractivity contribution in [1.29, 1.82) is 0 Å². The number of carbonyl (C=O) groups is 1. The predicted octanol–water partition coefficient (Wildman–Crippen LogP) is 5.53. The average Bonchev–Trinajstić information content (AvgIpc) is 3.07. The van der Waals surface area contributed by atoms with Gasteiger partial charge in [-0.05, 0) is 113 Å². The first-order chi connectivity index (χ1) is 16.4. The molecule has 7 nitrogen and oxygen atoms in total. The van der Waals surface area contributed by atoms with Gasteiger partial charge in [0.05, 0.1) is 11.1 Å². The monoisotopic (exact) mass is 457 g/mol. The Morgan fingerprint density at radius 3 is 2.12 bits per heavy atom. The highest BCUT2D eigenvalue weighted by atomic mass is 16.5. The Balaban J connectivity index is 1.11. The van der Waals surface area contributed by atoms with Crippen molar-refractivity contribution in [3.8, 4) is 17.4 Å². The highest BCUT2D eigenvalue weighted by molar-refractivity contribution is 5.95. The minimum atomic E-state index is -0.148. The molecule has 0 atom stereocenters. The zero-order valence-corrected chi connectivity index (χ0v) is 20.0. The second kappa shape index (κ2) is 7.93. The fourth-order valence-corrected chi connectivity index (χ4v) is 6.80. The van der Waals surface area contributed by atoms with Crippen LogP contribution in [0.2, 0.25) is 0 Å². The number of amides is 1. The van der Waals surface area contributed by atoms with Gasteiger partial charge >= 0.3 is 0 Å². The Morgan fingerprint density at radius 2 is 1.59 bits per heavy atom. The lowest BCUT2D eigenvalue weighted by Gasteiger charge is -2.55. The summed E-state index contributed by atoms with van der Waals surface area (Å²) >= 11 is 0. The molecule has 176 valence electrons. The molecule has 0 spiro atoms. The van der Waals surface area contributed by atoms with Crippen molar-refractivity contribution in [3.63, 3.8) is 0 Å². The maximum atomic E-state index is 13.3. The van der Waals surface area contributed by atoms with E-state index in [1.165, 1.54) is 19.3 Å². The van der Waals surface area contributed by atoms with E-state index in [-0.39, 0.29) is 11.3 Å². The Bertz CT molecular complexity index is 1190. The molecular weight excluding hydrogens is 426 g/mol. The van der Waals surface area contributed by atoms with E-state index in [2.05, 4.69) is 20.6 Å². The number of nitrogens with one attached hydrogen (secondary N) is 1. The number of rotatable bonds is 5. The van der Waals surface area contributed by atoms with E-state index in [9.17, 15) is 4.79 Å². The lowest BCUT2D eigenvalue weighted by molar-refractivity contribution is -0.140. The number of benzene rings is 1. The number of aromatic nitrogens is 4. The molecule has 0 radical (unpaired) electrons. The van der Waals surface area contributed by atoms with Crippen molar-refractivity contribution in [2.24, 2.45) is 23.2 Å². The van der Waals surface area contributed by atoms with Crippen LogP contribution in [-0.4, -0.2) is 25.9 Å². The van der Waals surface area contributed by atoms with Crippen LogP contribution in [0.25, 0.3) is 5.82 Å². The van der Waals surface area contributed by atoms with Gasteiger partial charge in [-0.3, -0.25) is 4.79 Å². The van der Waals surface area contributed by atoms with Gasteiger partial charge in [0.2, 0.25) is 11.8 Å². The van der Waals surface area contributed by atoms with Crippen molar-refractivity contribution in [1.82, 2.24) is 20.0 Å². The Morgan fingerprint density at radius 1 is 0.941 bits per heavy atom. The predicted molar refractivity (Wildman–Crippen MR) is 129 cm³/mol. The number of anilines is 1. The number of hydrogen-bond acceptors (Lipinski definition) is 5. The van der Waals surface area contributed by atoms with Crippen LogP contribution < -0.4 is 10.1 Å². The Kier molecular flexibility index (Phi) is 4.97. The van der Waals surface area contributed by atoms with Crippen LogP contribution in [0.1, 0.15) is 55.5 Å². The van der Waals surface area contributed by atoms with Gasteiger partial charge in [-0.15, -0.1) is 10.2 Å². The molecule has 1 N–H and O–H groups in total. The molecule has 4 saturated carbocycles. The van der Waals surface area contributed by atoms with E-state index < -0.39 is 0 Å². The van der Waals surface area contributed by atoms with E-state index in [0.29, 0.717) is 17.4 Å². The molecule has 4 bridgehead atoms. The van der Waals surface area contributed by atoms with Gasteiger partial charge in [0.25, 0.3) is 0 Å². The fourth-order valence-electron chi connectivity index (χ4n) is 6.80. The minimum absolute atomic E-state index is 0.148. The number of carbonyl (C=O) groups excluding carboxylic acids is 1. The van der Waals surface area contributed by atoms with Crippen molar-refractivity contribution >= 4 is 11.6 Å². The van der Waals surface area contributed by atoms with E-state index in [0.717, 1.165) is 59.7 Å². The smallest absolute Gasteiger partial charge is 0.238 e. The first kappa shape index (κ1) is 21.3. The first-order valence-corrected chi connectivity index (χ1v) is 12.3. The van der Waals surface area contributed by atoms with Gasteiger partial charge in [0.15, 0.2) is 5.82 Å². The van der Waals surface area contributed by atoms with Crippen LogP contribution in [0.5, 0.6) is 11.6 Å². The molecule has 0 aliphatic heterocycles. The largest absolute Gasteiger partial charge is 0.438 e. The minimum Gasteiger partial charge on any atom is -0.438 e. The van der Waals surface area contributed by atoms with E-state index >= 15 is 0 Å². The third kappa shape index (κ3) is 3.67. The molecule has 4 fully saturated rings. The van der Waals surface area contributed by atoms with Crippen molar-refractivity contribution < 1.29 is 9.53 Å². The van der Waals surface area contributed by atoms with Crippen molar-refractivity contribution in [2.45, 2.75) is 59.3 Å². The average molecular weight is 458 g/mol. The van der Waals surface area contributed by atoms with Crippen LogP contribution in [0.4, 0.5) is 5.69 Å². The summed E-state index contributed by atoms with van der Waals surface area (Å²) in [5, 5.41) is 16.2. The van der Waals surface area contributed by atoms with Crippen molar-refractivity contribution in [3.05, 3.63) is 53.3 Å². The SMILES string of the molecule is Cc1nn(-c2ccc(Oc3ccc(NC(=O)C45CC6CC(CC(C6)C4)C5)cc3)nn2)c(C)c1C. The van der Waals surface area contributed by atoms with E-state index in [1.54, 1.807) is 10.7 Å². The van der Waals surface area contributed by atoms with Gasteiger partial charge < -0.3 is 10.1 Å². The summed E-state index contributed by atoms with van der Waals surface area (Å²) in [6.07, 6.45) is 7.21. The third-order valence-electron chi connectivity index (χ3n) is 8.35. The second-order valence-electron chi connectivity index (χ2n) is 10.7. The summed E-state index contributed by atoms with van der Waals surface area (Å²) in [7, 11) is 0. The second-order valence-corrected chi connectivity index (χ2v) is 10.7. The molecule has 0 saturated heterocycles. The highest BCUT2D eigenvalue weighted by Crippen LogP contribution is 2.60. The molecule has 4 aliphatic carbocycles. The van der Waals surface area contributed by atoms with Crippen molar-refractivity contribution in [2.75, 3.05) is 5.32 Å². The van der Waals surface area contributed by atoms with Crippen LogP contribution in [-0.2, 0) is 4.79 Å². The fraction of sp³-hybridized carbons (Fsp3) is 0.481. The first-order valence-electron chi connectivity index (χ1n) is 12.3. The number of hydrogen-bond donors (Lipinski definition) is 1. The molecule has 4 aliphatic rings. The summed E-state index contributed by atoms with van der Waals surface area (Å²) < 4.78 is 7.67. The van der Waals surface area contributed by atoms with E-state index in [4.69, 9.17) is 4.74 Å². The summed E-state index contributed by atoms with van der Waals surface area (Å²) in [5.41, 5.74) is 3.85. The summed E-state index contributed by atoms with van der Waals surface area (Å²) in [4.78, 5) is 13.3. The lowest BCUT2D eigenvalue weighted by Crippen LogP contribution is -2.51. The maximum Gasteiger partial charge on any atom is 0.238 e. The van der Waals surface area contributed by atoms with Gasteiger partial charge in [0.1, 0.15) is 5.75 Å². The molecule has 2 aromatic heterocycles. The third-order valence-corrected chi connectivity index (χ3v) is 8.35.